The van der Waals surface area contributed by atoms with Gasteiger partial charge in [0.2, 0.25) is 0 Å². The molecule has 24 heavy (non-hydrogen) atoms. The minimum absolute atomic E-state index is 0.0176. The number of benzene rings is 2. The van der Waals surface area contributed by atoms with Gasteiger partial charge in [0.15, 0.2) is 14.9 Å². The number of nitrogens with one attached hydrogen (secondary N) is 2. The van der Waals surface area contributed by atoms with Crippen LogP contribution in [-0.2, 0) is 9.84 Å². The number of hydrogen-bond donors (Lipinski definition) is 2. The van der Waals surface area contributed by atoms with Crippen molar-refractivity contribution >= 4 is 32.9 Å². The molecule has 0 bridgehead atoms. The van der Waals surface area contributed by atoms with Gasteiger partial charge in [-0.05, 0) is 55.4 Å². The second kappa shape index (κ2) is 7.77. The zero-order valence-corrected chi connectivity index (χ0v) is 15.7. The first-order valence-electron chi connectivity index (χ1n) is 7.74. The fraction of sp³-hybridized carbons (Fsp3) is 0.278. The molecule has 0 aromatic heterocycles. The van der Waals surface area contributed by atoms with Crippen LogP contribution in [0.2, 0.25) is 0 Å². The highest BCUT2D eigenvalue weighted by molar-refractivity contribution is 7.90. The first-order chi connectivity index (χ1) is 11.3. The summed E-state index contributed by atoms with van der Waals surface area (Å²) in [6, 6.07) is 14.9. The quantitative estimate of drug-likeness (QED) is 0.792. The Bertz CT molecular complexity index is 798. The van der Waals surface area contributed by atoms with Crippen molar-refractivity contribution in [3.8, 4) is 0 Å². The Morgan fingerprint density at radius 1 is 1.08 bits per heavy atom. The number of anilines is 1. The Balaban J connectivity index is 2.05. The molecule has 0 amide bonds. The van der Waals surface area contributed by atoms with E-state index in [9.17, 15) is 8.42 Å². The van der Waals surface area contributed by atoms with Gasteiger partial charge in [-0.1, -0.05) is 36.8 Å². The van der Waals surface area contributed by atoms with Crippen molar-refractivity contribution in [1.29, 1.82) is 0 Å². The standard InChI is InChI=1S/C18H22N2O2S2/c1-4-17(14-7-11-16(12-8-14)24(3,21)22)20-18(23)19-15-9-5-13(2)6-10-15/h5-12,17H,4H2,1-3H3,(H2,19,20,23). The van der Waals surface area contributed by atoms with Crippen molar-refractivity contribution in [2.45, 2.75) is 31.2 Å². The van der Waals surface area contributed by atoms with Gasteiger partial charge < -0.3 is 10.6 Å². The zero-order valence-electron chi connectivity index (χ0n) is 14.0. The van der Waals surface area contributed by atoms with E-state index in [1.54, 1.807) is 12.1 Å². The second-order valence-electron chi connectivity index (χ2n) is 5.77. The summed E-state index contributed by atoms with van der Waals surface area (Å²) in [5, 5.41) is 6.98. The van der Waals surface area contributed by atoms with Gasteiger partial charge in [-0.25, -0.2) is 8.42 Å². The van der Waals surface area contributed by atoms with Gasteiger partial charge in [-0.3, -0.25) is 0 Å². The first-order valence-corrected chi connectivity index (χ1v) is 10.0. The van der Waals surface area contributed by atoms with Crippen LogP contribution < -0.4 is 10.6 Å². The van der Waals surface area contributed by atoms with Crippen LogP contribution in [0, 0.1) is 6.92 Å². The van der Waals surface area contributed by atoms with E-state index in [1.807, 2.05) is 43.3 Å². The smallest absolute Gasteiger partial charge is 0.175 e. The highest BCUT2D eigenvalue weighted by atomic mass is 32.2. The molecule has 2 rings (SSSR count). The third kappa shape index (κ3) is 5.04. The van der Waals surface area contributed by atoms with E-state index < -0.39 is 9.84 Å². The maximum Gasteiger partial charge on any atom is 0.175 e. The van der Waals surface area contributed by atoms with Crippen molar-refractivity contribution in [3.05, 3.63) is 59.7 Å². The molecule has 1 unspecified atom stereocenters. The summed E-state index contributed by atoms with van der Waals surface area (Å²) in [5.41, 5.74) is 3.12. The fourth-order valence-electron chi connectivity index (χ4n) is 2.33. The summed E-state index contributed by atoms with van der Waals surface area (Å²) in [4.78, 5) is 0.321. The number of sulfone groups is 1. The molecule has 0 heterocycles. The lowest BCUT2D eigenvalue weighted by Gasteiger charge is -2.20. The first kappa shape index (κ1) is 18.4. The van der Waals surface area contributed by atoms with Crippen LogP contribution in [0.25, 0.3) is 0 Å². The van der Waals surface area contributed by atoms with Gasteiger partial charge in [0.05, 0.1) is 10.9 Å². The van der Waals surface area contributed by atoms with Crippen LogP contribution in [-0.4, -0.2) is 19.8 Å². The summed E-state index contributed by atoms with van der Waals surface area (Å²) in [6.45, 7) is 4.09. The summed E-state index contributed by atoms with van der Waals surface area (Å²) in [7, 11) is -3.18. The lowest BCUT2D eigenvalue weighted by molar-refractivity contribution is 0.601. The number of aryl methyl sites for hydroxylation is 1. The number of thiocarbonyl (C=S) groups is 1. The molecule has 0 aliphatic rings. The van der Waals surface area contributed by atoms with Gasteiger partial charge >= 0.3 is 0 Å². The van der Waals surface area contributed by atoms with Crippen molar-refractivity contribution in [2.75, 3.05) is 11.6 Å². The minimum atomic E-state index is -3.18. The monoisotopic (exact) mass is 362 g/mol. The van der Waals surface area contributed by atoms with E-state index in [0.29, 0.717) is 10.0 Å². The topological polar surface area (TPSA) is 58.2 Å². The van der Waals surface area contributed by atoms with Gasteiger partial charge in [0.1, 0.15) is 0 Å². The van der Waals surface area contributed by atoms with Crippen LogP contribution in [0.5, 0.6) is 0 Å². The zero-order chi connectivity index (χ0) is 17.7. The average molecular weight is 363 g/mol. The lowest BCUT2D eigenvalue weighted by atomic mass is 10.1. The summed E-state index contributed by atoms with van der Waals surface area (Å²) < 4.78 is 23.1. The highest BCUT2D eigenvalue weighted by Crippen LogP contribution is 2.19. The molecule has 4 nitrogen and oxygen atoms in total. The van der Waals surface area contributed by atoms with E-state index in [2.05, 4.69) is 17.6 Å². The Kier molecular flexibility index (Phi) is 5.96. The third-order valence-electron chi connectivity index (χ3n) is 3.73. The average Bonchev–Trinajstić information content (AvgIpc) is 2.54. The van der Waals surface area contributed by atoms with Gasteiger partial charge in [-0.2, -0.15) is 0 Å². The van der Waals surface area contributed by atoms with E-state index in [0.717, 1.165) is 17.7 Å². The summed E-state index contributed by atoms with van der Waals surface area (Å²) in [5.74, 6) is 0. The Hall–Kier alpha value is -1.92. The number of hydrogen-bond acceptors (Lipinski definition) is 3. The maximum absolute atomic E-state index is 11.5. The predicted molar refractivity (Wildman–Crippen MR) is 103 cm³/mol. The maximum atomic E-state index is 11.5. The molecule has 0 spiro atoms. The molecule has 2 aromatic carbocycles. The molecule has 0 radical (unpaired) electrons. The van der Waals surface area contributed by atoms with Crippen LogP contribution in [0.3, 0.4) is 0 Å². The van der Waals surface area contributed by atoms with Crippen LogP contribution in [0.4, 0.5) is 5.69 Å². The van der Waals surface area contributed by atoms with Crippen molar-refractivity contribution in [1.82, 2.24) is 5.32 Å². The second-order valence-corrected chi connectivity index (χ2v) is 8.19. The largest absolute Gasteiger partial charge is 0.356 e. The SMILES string of the molecule is CCC(NC(=S)Nc1ccc(C)cc1)c1ccc(S(C)(=O)=O)cc1. The third-order valence-corrected chi connectivity index (χ3v) is 5.08. The Morgan fingerprint density at radius 3 is 2.17 bits per heavy atom. The summed E-state index contributed by atoms with van der Waals surface area (Å²) in [6.07, 6.45) is 2.03. The van der Waals surface area contributed by atoms with Gasteiger partial charge in [-0.15, -0.1) is 0 Å². The van der Waals surface area contributed by atoms with Crippen molar-refractivity contribution in [3.63, 3.8) is 0 Å². The van der Waals surface area contributed by atoms with Gasteiger partial charge in [0.25, 0.3) is 0 Å². The molecule has 1 atom stereocenters. The number of rotatable bonds is 5. The molecule has 0 aliphatic carbocycles. The van der Waals surface area contributed by atoms with Gasteiger partial charge in [0, 0.05) is 11.9 Å². The van der Waals surface area contributed by atoms with Crippen molar-refractivity contribution in [2.24, 2.45) is 0 Å². The molecule has 0 fully saturated rings. The molecule has 2 aromatic rings. The van der Waals surface area contributed by atoms with Crippen LogP contribution in [0.1, 0.15) is 30.5 Å². The highest BCUT2D eigenvalue weighted by Gasteiger charge is 2.13. The van der Waals surface area contributed by atoms with Crippen LogP contribution >= 0.6 is 12.2 Å². The molecule has 0 saturated carbocycles. The molecule has 6 heteroatoms. The summed E-state index contributed by atoms with van der Waals surface area (Å²) >= 11 is 5.38. The van der Waals surface area contributed by atoms with E-state index in [4.69, 9.17) is 12.2 Å². The molecule has 0 aliphatic heterocycles. The van der Waals surface area contributed by atoms with E-state index >= 15 is 0 Å². The molecule has 0 saturated heterocycles. The lowest BCUT2D eigenvalue weighted by Crippen LogP contribution is -2.32. The van der Waals surface area contributed by atoms with Crippen LogP contribution in [0.15, 0.2) is 53.4 Å². The Morgan fingerprint density at radius 2 is 1.67 bits per heavy atom. The van der Waals surface area contributed by atoms with E-state index in [1.165, 1.54) is 11.8 Å². The normalized spacial score (nSPS) is 12.5. The molecule has 2 N–H and O–H groups in total. The molecular formula is C18H22N2O2S2. The molecular weight excluding hydrogens is 340 g/mol. The predicted octanol–water partition coefficient (Wildman–Crippen LogP) is 3.84. The fourth-order valence-corrected chi connectivity index (χ4v) is 3.22. The van der Waals surface area contributed by atoms with E-state index in [-0.39, 0.29) is 6.04 Å². The molecule has 128 valence electrons. The Labute approximate surface area is 149 Å². The van der Waals surface area contributed by atoms with Crippen molar-refractivity contribution < 1.29 is 8.42 Å². The minimum Gasteiger partial charge on any atom is -0.356 e.